The molecule has 152 valence electrons. The van der Waals surface area contributed by atoms with E-state index in [1.807, 2.05) is 0 Å². The van der Waals surface area contributed by atoms with Gasteiger partial charge in [0, 0.05) is 32.9 Å². The summed E-state index contributed by atoms with van der Waals surface area (Å²) in [5.74, 6) is 0.483. The van der Waals surface area contributed by atoms with Crippen molar-refractivity contribution in [1.29, 1.82) is 0 Å². The van der Waals surface area contributed by atoms with Crippen LogP contribution in [0.5, 0.6) is 0 Å². The Labute approximate surface area is 177 Å². The van der Waals surface area contributed by atoms with Crippen molar-refractivity contribution in [3.05, 3.63) is 29.8 Å². The van der Waals surface area contributed by atoms with Crippen molar-refractivity contribution in [3.8, 4) is 0 Å². The van der Waals surface area contributed by atoms with Crippen LogP contribution < -0.4 is 5.32 Å². The largest absolute Gasteiger partial charge is 0.376 e. The van der Waals surface area contributed by atoms with Gasteiger partial charge in [0.05, 0.1) is 31.1 Å². The zero-order chi connectivity index (χ0) is 18.2. The van der Waals surface area contributed by atoms with Crippen molar-refractivity contribution in [1.82, 2.24) is 15.2 Å². The first-order chi connectivity index (χ1) is 12.8. The van der Waals surface area contributed by atoms with E-state index >= 15 is 0 Å². The van der Waals surface area contributed by atoms with Crippen LogP contribution in [-0.4, -0.2) is 61.4 Å². The second-order valence-corrected chi connectivity index (χ2v) is 6.84. The van der Waals surface area contributed by atoms with Crippen molar-refractivity contribution < 1.29 is 13.9 Å². The summed E-state index contributed by atoms with van der Waals surface area (Å²) in [6.45, 7) is 3.65. The van der Waals surface area contributed by atoms with Gasteiger partial charge >= 0.3 is 0 Å². The molecule has 2 aliphatic heterocycles. The summed E-state index contributed by atoms with van der Waals surface area (Å²) in [5, 5.41) is 3.21. The summed E-state index contributed by atoms with van der Waals surface area (Å²) in [5.41, 5.74) is 0.402. The fourth-order valence-electron chi connectivity index (χ4n) is 3.46. The lowest BCUT2D eigenvalue weighted by Crippen LogP contribution is -2.47. The van der Waals surface area contributed by atoms with E-state index < -0.39 is 0 Å². The highest BCUT2D eigenvalue weighted by Crippen LogP contribution is 2.18. The van der Waals surface area contributed by atoms with Gasteiger partial charge in [-0.1, -0.05) is 0 Å². The number of pyridine rings is 1. The van der Waals surface area contributed by atoms with E-state index in [0.717, 1.165) is 44.9 Å². The Morgan fingerprint density at radius 3 is 2.85 bits per heavy atom. The summed E-state index contributed by atoms with van der Waals surface area (Å²) >= 11 is 0. The first kappa shape index (κ1) is 22.3. The monoisotopic (exact) mass is 492 g/mol. The number of halogens is 2. The molecule has 0 radical (unpaired) electrons. The fraction of sp³-hybridized carbons (Fsp3) is 0.684. The average molecular weight is 492 g/mol. The number of likely N-dealkylation sites (tertiary alicyclic amines) is 1. The van der Waals surface area contributed by atoms with E-state index in [2.05, 4.69) is 20.2 Å². The Bertz CT molecular complexity index is 591. The first-order valence-electron chi connectivity index (χ1n) is 9.54. The first-order valence-corrected chi connectivity index (χ1v) is 9.54. The summed E-state index contributed by atoms with van der Waals surface area (Å²) in [7, 11) is 1.75. The normalized spacial score (nSPS) is 21.6. The van der Waals surface area contributed by atoms with Crippen molar-refractivity contribution in [2.24, 2.45) is 4.99 Å². The van der Waals surface area contributed by atoms with E-state index in [1.165, 1.54) is 18.9 Å². The van der Waals surface area contributed by atoms with Crippen molar-refractivity contribution in [3.63, 3.8) is 0 Å². The minimum atomic E-state index is -0.299. The van der Waals surface area contributed by atoms with Crippen LogP contribution in [0.3, 0.4) is 0 Å². The number of piperidine rings is 1. The molecule has 27 heavy (non-hydrogen) atoms. The number of hydrogen-bond donors (Lipinski definition) is 1. The minimum Gasteiger partial charge on any atom is -0.376 e. The lowest BCUT2D eigenvalue weighted by atomic mass is 10.1. The van der Waals surface area contributed by atoms with Crippen molar-refractivity contribution >= 4 is 29.9 Å². The van der Waals surface area contributed by atoms with Gasteiger partial charge in [-0.05, 0) is 44.2 Å². The lowest BCUT2D eigenvalue weighted by Gasteiger charge is -2.35. The third-order valence-electron chi connectivity index (χ3n) is 4.99. The molecule has 1 unspecified atom stereocenters. The quantitative estimate of drug-likeness (QED) is 0.389. The van der Waals surface area contributed by atoms with Gasteiger partial charge in [-0.3, -0.25) is 9.98 Å². The molecular formula is C19H30FIN4O2. The fourth-order valence-corrected chi connectivity index (χ4v) is 3.46. The van der Waals surface area contributed by atoms with Crippen LogP contribution in [0.25, 0.3) is 0 Å². The maximum absolute atomic E-state index is 13.7. The molecule has 2 aliphatic rings. The van der Waals surface area contributed by atoms with Gasteiger partial charge in [-0.15, -0.1) is 24.0 Å². The van der Waals surface area contributed by atoms with Crippen LogP contribution in [-0.2, 0) is 16.0 Å². The van der Waals surface area contributed by atoms with E-state index in [1.54, 1.807) is 19.3 Å². The molecule has 1 aromatic rings. The Hall–Kier alpha value is -1.00. The number of hydrogen-bond acceptors (Lipinski definition) is 4. The third kappa shape index (κ3) is 6.83. The number of ether oxygens (including phenoxy) is 2. The minimum absolute atomic E-state index is 0. The van der Waals surface area contributed by atoms with Gasteiger partial charge in [0.15, 0.2) is 5.96 Å². The van der Waals surface area contributed by atoms with Crippen LogP contribution in [0, 0.1) is 5.82 Å². The van der Waals surface area contributed by atoms with E-state index in [4.69, 9.17) is 9.47 Å². The number of nitrogens with one attached hydrogen (secondary N) is 1. The number of rotatable bonds is 5. The molecule has 6 nitrogen and oxygen atoms in total. The highest BCUT2D eigenvalue weighted by atomic mass is 127. The SMILES string of the molecule is CN=C(NCc1ncccc1F)N1CCC(OCC2CCCCO2)CC1.I. The lowest BCUT2D eigenvalue weighted by molar-refractivity contribution is -0.0721. The molecule has 0 spiro atoms. The van der Waals surface area contributed by atoms with E-state index in [0.29, 0.717) is 18.8 Å². The van der Waals surface area contributed by atoms with Gasteiger partial charge in [-0.2, -0.15) is 0 Å². The number of aliphatic imine (C=N–C) groups is 1. The maximum atomic E-state index is 13.7. The van der Waals surface area contributed by atoms with Gasteiger partial charge in [0.25, 0.3) is 0 Å². The third-order valence-corrected chi connectivity index (χ3v) is 4.99. The zero-order valence-electron chi connectivity index (χ0n) is 15.9. The molecule has 8 heteroatoms. The number of guanidine groups is 1. The second-order valence-electron chi connectivity index (χ2n) is 6.84. The second kappa shape index (κ2) is 11.8. The van der Waals surface area contributed by atoms with Crippen molar-refractivity contribution in [2.45, 2.75) is 50.9 Å². The highest BCUT2D eigenvalue weighted by Gasteiger charge is 2.23. The Morgan fingerprint density at radius 1 is 1.37 bits per heavy atom. The maximum Gasteiger partial charge on any atom is 0.193 e. The summed E-state index contributed by atoms with van der Waals surface area (Å²) in [6.07, 6.45) is 7.60. The van der Waals surface area contributed by atoms with Gasteiger partial charge in [0.2, 0.25) is 0 Å². The van der Waals surface area contributed by atoms with Crippen LogP contribution in [0.4, 0.5) is 4.39 Å². The summed E-state index contributed by atoms with van der Waals surface area (Å²) in [4.78, 5) is 10.6. The Balaban J connectivity index is 0.00000261. The molecule has 2 saturated heterocycles. The molecule has 3 heterocycles. The summed E-state index contributed by atoms with van der Waals surface area (Å²) in [6, 6.07) is 3.02. The van der Waals surface area contributed by atoms with E-state index in [-0.39, 0.29) is 42.0 Å². The standard InChI is InChI=1S/C19H29FN4O2.HI/c1-21-19(23-13-18-17(20)6-4-9-22-18)24-10-7-15(8-11-24)26-14-16-5-2-3-12-25-16;/h4,6,9,15-16H,2-3,5,7-8,10-14H2,1H3,(H,21,23);1H. The molecule has 1 N–H and O–H groups in total. The van der Waals surface area contributed by atoms with Crippen LogP contribution >= 0.6 is 24.0 Å². The predicted octanol–water partition coefficient (Wildman–Crippen LogP) is 2.96. The zero-order valence-corrected chi connectivity index (χ0v) is 18.2. The molecule has 2 fully saturated rings. The molecule has 1 aromatic heterocycles. The predicted molar refractivity (Wildman–Crippen MR) is 114 cm³/mol. The topological polar surface area (TPSA) is 59.0 Å². The van der Waals surface area contributed by atoms with Gasteiger partial charge < -0.3 is 19.7 Å². The van der Waals surface area contributed by atoms with Gasteiger partial charge in [-0.25, -0.2) is 4.39 Å². The Kier molecular flexibility index (Phi) is 9.70. The average Bonchev–Trinajstić information content (AvgIpc) is 2.70. The van der Waals surface area contributed by atoms with Crippen LogP contribution in [0.1, 0.15) is 37.8 Å². The molecule has 0 amide bonds. The number of aromatic nitrogens is 1. The van der Waals surface area contributed by atoms with Gasteiger partial charge in [0.1, 0.15) is 5.82 Å². The molecule has 1 atom stereocenters. The van der Waals surface area contributed by atoms with Crippen molar-refractivity contribution in [2.75, 3.05) is 33.4 Å². The van der Waals surface area contributed by atoms with Crippen LogP contribution in [0.15, 0.2) is 23.3 Å². The molecule has 0 aliphatic carbocycles. The van der Waals surface area contributed by atoms with Crippen LogP contribution in [0.2, 0.25) is 0 Å². The number of nitrogens with zero attached hydrogens (tertiary/aromatic N) is 3. The molecular weight excluding hydrogens is 462 g/mol. The highest BCUT2D eigenvalue weighted by molar-refractivity contribution is 14.0. The molecule has 0 saturated carbocycles. The summed E-state index contributed by atoms with van der Waals surface area (Å²) < 4.78 is 25.5. The molecule has 0 aromatic carbocycles. The molecule has 0 bridgehead atoms. The Morgan fingerprint density at radius 2 is 2.19 bits per heavy atom. The molecule has 3 rings (SSSR count). The smallest absolute Gasteiger partial charge is 0.193 e. The van der Waals surface area contributed by atoms with E-state index in [9.17, 15) is 4.39 Å².